The summed E-state index contributed by atoms with van der Waals surface area (Å²) in [4.78, 5) is 0. The fraction of sp³-hybridized carbons (Fsp3) is 0.200. The second kappa shape index (κ2) is 6.55. The van der Waals surface area contributed by atoms with Gasteiger partial charge in [0.1, 0.15) is 18.2 Å². The molecule has 0 spiro atoms. The minimum atomic E-state index is -0.811. The van der Waals surface area contributed by atoms with Crippen LogP contribution in [-0.4, -0.2) is 17.8 Å². The lowest BCUT2D eigenvalue weighted by atomic mass is 10.1. The minimum Gasteiger partial charge on any atom is -0.491 e. The first kappa shape index (κ1) is 13.8. The predicted octanol–water partition coefficient (Wildman–Crippen LogP) is 3.46. The van der Waals surface area contributed by atoms with Gasteiger partial charge in [-0.05, 0) is 24.3 Å². The summed E-state index contributed by atoms with van der Waals surface area (Å²) in [5, 5.41) is 10.2. The Hall–Kier alpha value is -1.58. The first-order valence-corrected chi connectivity index (χ1v) is 6.33. The first-order chi connectivity index (χ1) is 9.16. The van der Waals surface area contributed by atoms with E-state index in [0.29, 0.717) is 16.3 Å². The molecule has 2 nitrogen and oxygen atoms in total. The van der Waals surface area contributed by atoms with Crippen LogP contribution < -0.4 is 4.74 Å². The summed E-state index contributed by atoms with van der Waals surface area (Å²) in [5.74, 6) is 0.257. The normalized spacial score (nSPS) is 12.2. The van der Waals surface area contributed by atoms with Gasteiger partial charge in [-0.3, -0.25) is 0 Å². The van der Waals surface area contributed by atoms with Gasteiger partial charge in [0.25, 0.3) is 0 Å². The molecule has 100 valence electrons. The second-order valence-corrected chi connectivity index (χ2v) is 4.59. The van der Waals surface area contributed by atoms with Crippen LogP contribution in [0.25, 0.3) is 0 Å². The van der Waals surface area contributed by atoms with Crippen LogP contribution in [0.1, 0.15) is 5.56 Å². The van der Waals surface area contributed by atoms with Crippen molar-refractivity contribution in [3.8, 4) is 5.75 Å². The number of hydrogen-bond acceptors (Lipinski definition) is 2. The molecule has 2 aromatic rings. The summed E-state index contributed by atoms with van der Waals surface area (Å²) in [5.41, 5.74) is 0.313. The summed E-state index contributed by atoms with van der Waals surface area (Å²) in [6.45, 7) is 0.0919. The van der Waals surface area contributed by atoms with E-state index in [1.807, 2.05) is 18.2 Å². The van der Waals surface area contributed by atoms with E-state index >= 15 is 0 Å². The molecule has 4 heteroatoms. The molecule has 1 unspecified atom stereocenters. The van der Waals surface area contributed by atoms with Crippen LogP contribution in [0.5, 0.6) is 5.75 Å². The molecule has 0 aliphatic rings. The molecule has 0 aliphatic carbocycles. The lowest BCUT2D eigenvalue weighted by Crippen LogP contribution is -2.21. The zero-order valence-electron chi connectivity index (χ0n) is 10.2. The molecule has 1 atom stereocenters. The molecule has 1 N–H and O–H groups in total. The molecular weight excluding hydrogens is 267 g/mol. The van der Waals surface area contributed by atoms with Gasteiger partial charge in [-0.2, -0.15) is 0 Å². The maximum absolute atomic E-state index is 13.5. The molecule has 0 saturated heterocycles. The van der Waals surface area contributed by atoms with Gasteiger partial charge in [0.2, 0.25) is 0 Å². The van der Waals surface area contributed by atoms with Crippen LogP contribution in [0.4, 0.5) is 4.39 Å². The van der Waals surface area contributed by atoms with Crippen molar-refractivity contribution in [1.82, 2.24) is 0 Å². The fourth-order valence-electron chi connectivity index (χ4n) is 1.73. The van der Waals surface area contributed by atoms with Crippen molar-refractivity contribution in [3.05, 3.63) is 64.9 Å². The first-order valence-electron chi connectivity index (χ1n) is 5.95. The van der Waals surface area contributed by atoms with Crippen LogP contribution in [0, 0.1) is 5.82 Å². The summed E-state index contributed by atoms with van der Waals surface area (Å²) in [7, 11) is 0. The van der Waals surface area contributed by atoms with Gasteiger partial charge in [0, 0.05) is 17.0 Å². The second-order valence-electron chi connectivity index (χ2n) is 4.18. The maximum atomic E-state index is 13.5. The molecule has 0 bridgehead atoms. The van der Waals surface area contributed by atoms with Gasteiger partial charge in [0.05, 0.1) is 6.10 Å². The van der Waals surface area contributed by atoms with E-state index in [1.165, 1.54) is 12.1 Å². The average Bonchev–Trinajstić information content (AvgIpc) is 2.42. The van der Waals surface area contributed by atoms with Crippen LogP contribution in [0.3, 0.4) is 0 Å². The van der Waals surface area contributed by atoms with Crippen molar-refractivity contribution in [1.29, 1.82) is 0 Å². The molecule has 0 radical (unpaired) electrons. The van der Waals surface area contributed by atoms with Crippen molar-refractivity contribution in [3.63, 3.8) is 0 Å². The molecule has 0 fully saturated rings. The third-order valence-corrected chi connectivity index (χ3v) is 3.04. The third-order valence-electron chi connectivity index (χ3n) is 2.69. The summed E-state index contributed by atoms with van der Waals surface area (Å²) in [6, 6.07) is 13.6. The molecule has 0 aliphatic heterocycles. The summed E-state index contributed by atoms with van der Waals surface area (Å²) < 4.78 is 18.9. The Morgan fingerprint density at radius 2 is 1.84 bits per heavy atom. The number of ether oxygens (including phenoxy) is 1. The molecule has 2 rings (SSSR count). The fourth-order valence-corrected chi connectivity index (χ4v) is 1.97. The smallest absolute Gasteiger partial charge is 0.127 e. The highest BCUT2D eigenvalue weighted by molar-refractivity contribution is 6.31. The largest absolute Gasteiger partial charge is 0.491 e. The lowest BCUT2D eigenvalue weighted by molar-refractivity contribution is 0.107. The van der Waals surface area contributed by atoms with E-state index in [1.54, 1.807) is 18.2 Å². The molecule has 0 heterocycles. The minimum absolute atomic E-state index is 0.0919. The molecule has 0 amide bonds. The van der Waals surface area contributed by atoms with Crippen molar-refractivity contribution in [2.24, 2.45) is 0 Å². The van der Waals surface area contributed by atoms with Crippen LogP contribution in [0.2, 0.25) is 5.02 Å². The highest BCUT2D eigenvalue weighted by atomic mass is 35.5. The molecule has 0 saturated carbocycles. The van der Waals surface area contributed by atoms with Gasteiger partial charge in [-0.15, -0.1) is 0 Å². The average molecular weight is 281 g/mol. The van der Waals surface area contributed by atoms with Gasteiger partial charge in [0.15, 0.2) is 0 Å². The number of benzene rings is 2. The Morgan fingerprint density at radius 1 is 1.11 bits per heavy atom. The van der Waals surface area contributed by atoms with E-state index in [2.05, 4.69) is 0 Å². The summed E-state index contributed by atoms with van der Waals surface area (Å²) >= 11 is 5.90. The van der Waals surface area contributed by atoms with Crippen molar-refractivity contribution >= 4 is 11.6 Å². The van der Waals surface area contributed by atoms with E-state index in [-0.39, 0.29) is 13.0 Å². The Bertz CT molecular complexity index is 511. The van der Waals surface area contributed by atoms with Gasteiger partial charge in [-0.25, -0.2) is 4.39 Å². The number of hydrogen-bond donors (Lipinski definition) is 1. The Balaban J connectivity index is 1.93. The molecule has 0 aromatic heterocycles. The van der Waals surface area contributed by atoms with Crippen molar-refractivity contribution < 1.29 is 14.2 Å². The number of halogens is 2. The van der Waals surface area contributed by atoms with Gasteiger partial charge < -0.3 is 9.84 Å². The standard InChI is InChI=1S/C15H14ClFO2/c16-14-7-4-8-15(17)13(14)9-11(18)10-19-12-5-2-1-3-6-12/h1-8,11,18H,9-10H2. The number of aliphatic hydroxyl groups is 1. The van der Waals surface area contributed by atoms with Crippen LogP contribution in [-0.2, 0) is 6.42 Å². The summed E-state index contributed by atoms with van der Waals surface area (Å²) in [6.07, 6.45) is -0.687. The number of para-hydroxylation sites is 1. The van der Waals surface area contributed by atoms with E-state index in [0.717, 1.165) is 0 Å². The topological polar surface area (TPSA) is 29.5 Å². The lowest BCUT2D eigenvalue weighted by Gasteiger charge is -2.13. The Morgan fingerprint density at radius 3 is 2.53 bits per heavy atom. The van der Waals surface area contributed by atoms with Crippen molar-refractivity contribution in [2.45, 2.75) is 12.5 Å². The highest BCUT2D eigenvalue weighted by Gasteiger charge is 2.13. The van der Waals surface area contributed by atoms with Crippen LogP contribution in [0.15, 0.2) is 48.5 Å². The maximum Gasteiger partial charge on any atom is 0.127 e. The Kier molecular flexibility index (Phi) is 4.77. The van der Waals surface area contributed by atoms with Crippen molar-refractivity contribution in [2.75, 3.05) is 6.61 Å². The molecule has 19 heavy (non-hydrogen) atoms. The molecular formula is C15H14ClFO2. The quantitative estimate of drug-likeness (QED) is 0.909. The SMILES string of the molecule is OC(COc1ccccc1)Cc1c(F)cccc1Cl. The molecule has 2 aromatic carbocycles. The van der Waals surface area contributed by atoms with E-state index < -0.39 is 11.9 Å². The zero-order chi connectivity index (χ0) is 13.7. The number of aliphatic hydroxyl groups excluding tert-OH is 1. The highest BCUT2D eigenvalue weighted by Crippen LogP contribution is 2.20. The Labute approximate surface area is 116 Å². The van der Waals surface area contributed by atoms with Gasteiger partial charge >= 0.3 is 0 Å². The van der Waals surface area contributed by atoms with Crippen LogP contribution >= 0.6 is 11.6 Å². The van der Waals surface area contributed by atoms with E-state index in [9.17, 15) is 9.50 Å². The van der Waals surface area contributed by atoms with E-state index in [4.69, 9.17) is 16.3 Å². The van der Waals surface area contributed by atoms with Gasteiger partial charge in [-0.1, -0.05) is 35.9 Å². The zero-order valence-corrected chi connectivity index (χ0v) is 11.0. The predicted molar refractivity (Wildman–Crippen MR) is 73.1 cm³/mol. The monoisotopic (exact) mass is 280 g/mol. The number of rotatable bonds is 5. The third kappa shape index (κ3) is 3.94.